The Labute approximate surface area is 294 Å². The Balaban J connectivity index is 1.83. The lowest BCUT2D eigenvalue weighted by Crippen LogP contribution is -2.59. The Morgan fingerprint density at radius 2 is 1.57 bits per heavy atom. The van der Waals surface area contributed by atoms with E-state index < -0.39 is 77.3 Å². The fraction of sp³-hybridized carbons (Fsp3) is 0.895. The highest BCUT2D eigenvalue weighted by molar-refractivity contribution is 5.89. The van der Waals surface area contributed by atoms with Gasteiger partial charge in [-0.05, 0) is 95.3 Å². The third kappa shape index (κ3) is 7.78. The van der Waals surface area contributed by atoms with Crippen LogP contribution in [-0.4, -0.2) is 109 Å². The van der Waals surface area contributed by atoms with Crippen molar-refractivity contribution in [1.29, 1.82) is 0 Å². The number of hydrogen-bond acceptors (Lipinski definition) is 11. The summed E-state index contributed by atoms with van der Waals surface area (Å²) in [5.74, 6) is -1.74. The molecule has 0 saturated carbocycles. The van der Waals surface area contributed by atoms with Crippen LogP contribution in [0.25, 0.3) is 0 Å². The van der Waals surface area contributed by atoms with E-state index in [-0.39, 0.29) is 30.0 Å². The summed E-state index contributed by atoms with van der Waals surface area (Å²) in [5, 5.41) is 11.6. The molecule has 4 rings (SSSR count). The molecule has 4 aliphatic heterocycles. The molecule has 0 aromatic heterocycles. The zero-order valence-electron chi connectivity index (χ0n) is 32.7. The van der Waals surface area contributed by atoms with Gasteiger partial charge in [-0.1, -0.05) is 13.8 Å². The van der Waals surface area contributed by atoms with Gasteiger partial charge in [-0.2, -0.15) is 0 Å². The highest BCUT2D eigenvalue weighted by Gasteiger charge is 2.55. The maximum atomic E-state index is 14.1. The monoisotopic (exact) mass is 695 g/mol. The number of allylic oxidation sites excluding steroid dienone is 1. The summed E-state index contributed by atoms with van der Waals surface area (Å²) < 4.78 is 45.5. The van der Waals surface area contributed by atoms with Gasteiger partial charge in [-0.15, -0.1) is 0 Å². The van der Waals surface area contributed by atoms with Crippen molar-refractivity contribution >= 4 is 11.8 Å². The molecule has 282 valence electrons. The molecule has 0 spiro atoms. The highest BCUT2D eigenvalue weighted by Crippen LogP contribution is 2.47. The maximum Gasteiger partial charge on any atom is 0.311 e. The molecule has 11 heteroatoms. The Kier molecular flexibility index (Phi) is 12.1. The van der Waals surface area contributed by atoms with E-state index in [9.17, 15) is 14.7 Å². The molecule has 0 amide bonds. The van der Waals surface area contributed by atoms with Gasteiger partial charge in [-0.3, -0.25) is 9.59 Å². The number of aliphatic hydroxyl groups is 1. The van der Waals surface area contributed by atoms with Gasteiger partial charge in [0.25, 0.3) is 0 Å². The first-order valence-corrected chi connectivity index (χ1v) is 18.2. The fourth-order valence-electron chi connectivity index (χ4n) is 8.48. The molecule has 49 heavy (non-hydrogen) atoms. The van der Waals surface area contributed by atoms with Crippen LogP contribution in [-0.2, 0) is 42.7 Å². The second kappa shape index (κ2) is 14.8. The van der Waals surface area contributed by atoms with Crippen molar-refractivity contribution in [2.24, 2.45) is 29.1 Å². The van der Waals surface area contributed by atoms with Crippen LogP contribution in [0.1, 0.15) is 102 Å². The smallest absolute Gasteiger partial charge is 0.311 e. The topological polar surface area (TPSA) is 122 Å². The summed E-state index contributed by atoms with van der Waals surface area (Å²) in [4.78, 5) is 30.1. The number of nitrogens with zero attached hydrogens (tertiary/aromatic N) is 1. The SMILES string of the molecule is COC1(C)CC(OC2[C@H](C)C(OC3O[C@H](C)CC(N(C)C)C3O)C3(C)CC(C)=C(O3)[C@H](C)C(=O)C(C)(C)C(C)OC(=O)[C@@H]2C)O[C@@H](C)C1C. The molecular formula is C38H65NO10. The number of ether oxygens (including phenoxy) is 7. The van der Waals surface area contributed by atoms with E-state index in [2.05, 4.69) is 13.8 Å². The van der Waals surface area contributed by atoms with Crippen molar-refractivity contribution in [3.63, 3.8) is 0 Å². The zero-order valence-corrected chi connectivity index (χ0v) is 32.7. The summed E-state index contributed by atoms with van der Waals surface area (Å²) in [6.45, 7) is 23.1. The number of carbonyl (C=O) groups is 2. The number of hydrogen-bond donors (Lipinski definition) is 1. The second-order valence-corrected chi connectivity index (χ2v) is 16.8. The van der Waals surface area contributed by atoms with E-state index in [0.717, 1.165) is 5.57 Å². The van der Waals surface area contributed by atoms with E-state index >= 15 is 0 Å². The van der Waals surface area contributed by atoms with Crippen molar-refractivity contribution in [2.45, 2.75) is 169 Å². The van der Waals surface area contributed by atoms with Crippen LogP contribution in [0.15, 0.2) is 11.3 Å². The molecule has 11 nitrogen and oxygen atoms in total. The number of methoxy groups -OCH3 is 1. The normalized spacial score (nSPS) is 46.8. The third-order valence-corrected chi connectivity index (χ3v) is 12.5. The maximum absolute atomic E-state index is 14.1. The van der Waals surface area contributed by atoms with Gasteiger partial charge in [0.15, 0.2) is 18.4 Å². The van der Waals surface area contributed by atoms with Crippen molar-refractivity contribution in [3.8, 4) is 0 Å². The molecule has 4 heterocycles. The first-order valence-electron chi connectivity index (χ1n) is 18.2. The number of cyclic esters (lactones) is 1. The van der Waals surface area contributed by atoms with Crippen LogP contribution in [0.3, 0.4) is 0 Å². The minimum absolute atomic E-state index is 0.0807. The van der Waals surface area contributed by atoms with Crippen LogP contribution in [0.5, 0.6) is 0 Å². The predicted molar refractivity (Wildman–Crippen MR) is 184 cm³/mol. The molecule has 10 unspecified atom stereocenters. The van der Waals surface area contributed by atoms with Gasteiger partial charge >= 0.3 is 5.97 Å². The summed E-state index contributed by atoms with van der Waals surface area (Å²) in [5.41, 5.74) is -1.55. The Hall–Kier alpha value is -1.60. The lowest BCUT2D eigenvalue weighted by molar-refractivity contribution is -0.312. The van der Waals surface area contributed by atoms with E-state index in [1.54, 1.807) is 21.0 Å². The van der Waals surface area contributed by atoms with E-state index in [1.165, 1.54) is 0 Å². The van der Waals surface area contributed by atoms with Crippen molar-refractivity contribution < 1.29 is 47.9 Å². The second-order valence-electron chi connectivity index (χ2n) is 16.8. The Morgan fingerprint density at radius 1 is 0.939 bits per heavy atom. The molecule has 0 radical (unpaired) electrons. The van der Waals surface area contributed by atoms with Crippen molar-refractivity contribution in [1.82, 2.24) is 4.90 Å². The average molecular weight is 696 g/mol. The van der Waals surface area contributed by atoms with Crippen LogP contribution >= 0.6 is 0 Å². The van der Waals surface area contributed by atoms with Gasteiger partial charge in [0.1, 0.15) is 29.7 Å². The number of Topliss-reactive ketones (excluding diaryl/α,β-unsaturated/α-hetero) is 1. The summed E-state index contributed by atoms with van der Waals surface area (Å²) in [6, 6.07) is -0.195. The van der Waals surface area contributed by atoms with Gasteiger partial charge in [-0.25, -0.2) is 0 Å². The molecule has 15 atom stereocenters. The van der Waals surface area contributed by atoms with Crippen LogP contribution < -0.4 is 0 Å². The molecule has 0 aliphatic carbocycles. The lowest BCUT2D eigenvalue weighted by atomic mass is 9.76. The summed E-state index contributed by atoms with van der Waals surface area (Å²) >= 11 is 0. The predicted octanol–water partition coefficient (Wildman–Crippen LogP) is 5.26. The molecule has 3 fully saturated rings. The molecule has 3 saturated heterocycles. The fourth-order valence-corrected chi connectivity index (χ4v) is 8.48. The standard InChI is InChI=1S/C38H65NO10/c1-19-17-38(12)33(48-35-29(40)27(39(13)14)16-20(2)44-35)22(4)31(47-28-18-37(11,43-15)24(6)25(7)45-28)23(5)34(42)46-26(8)36(9,10)32(41)21(3)30(19)49-38/h20-29,31,33,35,40H,16-18H2,1-15H3/t20-,21+,22+,23-,24?,25+,26?,27?,28?,29?,31?,33?,35?,37?,38?/m1/s1. The van der Waals surface area contributed by atoms with Crippen LogP contribution in [0.4, 0.5) is 0 Å². The number of esters is 1. The van der Waals surface area contributed by atoms with Gasteiger partial charge in [0.05, 0.1) is 41.2 Å². The number of likely N-dealkylation sites (N-methyl/N-ethyl adjacent to an activating group) is 1. The Morgan fingerprint density at radius 3 is 2.16 bits per heavy atom. The van der Waals surface area contributed by atoms with Gasteiger partial charge in [0, 0.05) is 37.8 Å². The number of ketones is 1. The quantitative estimate of drug-likeness (QED) is 0.366. The van der Waals surface area contributed by atoms with E-state index in [1.807, 2.05) is 74.4 Å². The lowest BCUT2D eigenvalue weighted by Gasteiger charge is -2.49. The first kappa shape index (κ1) is 40.2. The third-order valence-electron chi connectivity index (χ3n) is 12.5. The summed E-state index contributed by atoms with van der Waals surface area (Å²) in [7, 11) is 5.57. The zero-order chi connectivity index (χ0) is 37.0. The summed E-state index contributed by atoms with van der Waals surface area (Å²) in [6.07, 6.45) is -3.64. The Bertz CT molecular complexity index is 1240. The molecule has 1 N–H and O–H groups in total. The minimum Gasteiger partial charge on any atom is -0.488 e. The first-order chi connectivity index (χ1) is 22.6. The molecule has 2 bridgehead atoms. The number of carbonyl (C=O) groups excluding carboxylic acids is 2. The van der Waals surface area contributed by atoms with Gasteiger partial charge in [0.2, 0.25) is 0 Å². The molecule has 0 aromatic carbocycles. The number of rotatable bonds is 6. The van der Waals surface area contributed by atoms with Crippen LogP contribution in [0, 0.1) is 29.1 Å². The van der Waals surface area contributed by atoms with Crippen molar-refractivity contribution in [3.05, 3.63) is 11.3 Å². The van der Waals surface area contributed by atoms with Crippen LogP contribution in [0.2, 0.25) is 0 Å². The minimum atomic E-state index is -0.994. The number of aliphatic hydroxyl groups excluding tert-OH is 1. The van der Waals surface area contributed by atoms with E-state index in [0.29, 0.717) is 25.0 Å². The number of fused-ring (bicyclic) bond motifs is 2. The van der Waals surface area contributed by atoms with Gasteiger partial charge < -0.3 is 43.2 Å². The molecular weight excluding hydrogens is 630 g/mol. The molecule has 0 aromatic rings. The van der Waals surface area contributed by atoms with E-state index in [4.69, 9.17) is 33.2 Å². The van der Waals surface area contributed by atoms with Crippen molar-refractivity contribution in [2.75, 3.05) is 21.2 Å². The average Bonchev–Trinajstić information content (AvgIpc) is 3.34. The molecule has 4 aliphatic rings. The highest BCUT2D eigenvalue weighted by atomic mass is 16.7. The largest absolute Gasteiger partial charge is 0.488 e.